The molecule has 1 aliphatic carbocycles. The lowest BCUT2D eigenvalue weighted by molar-refractivity contribution is 0.307. The van der Waals surface area contributed by atoms with Crippen LogP contribution in [0.2, 0.25) is 0 Å². The largest absolute Gasteiger partial charge is 0.240 e. The van der Waals surface area contributed by atoms with Crippen molar-refractivity contribution in [1.82, 2.24) is 9.97 Å². The van der Waals surface area contributed by atoms with Crippen LogP contribution in [-0.2, 0) is 5.41 Å². The standard InChI is InChI=1S/C13H10BrN3S/c14-9-6-11(18-7-9)10-2-5-16-12(17-10)13(8-15)3-1-4-13/h2,5-7H,1,3-4H2. The molecule has 2 heterocycles. The van der Waals surface area contributed by atoms with Gasteiger partial charge >= 0.3 is 0 Å². The van der Waals surface area contributed by atoms with Gasteiger partial charge in [-0.25, -0.2) is 9.97 Å². The Morgan fingerprint density at radius 1 is 1.44 bits per heavy atom. The van der Waals surface area contributed by atoms with Crippen molar-refractivity contribution in [2.75, 3.05) is 0 Å². The lowest BCUT2D eigenvalue weighted by atomic mass is 9.69. The smallest absolute Gasteiger partial charge is 0.149 e. The number of aromatic nitrogens is 2. The maximum Gasteiger partial charge on any atom is 0.149 e. The van der Waals surface area contributed by atoms with Crippen LogP contribution in [-0.4, -0.2) is 9.97 Å². The second-order valence-electron chi connectivity index (χ2n) is 4.44. The van der Waals surface area contributed by atoms with Crippen LogP contribution < -0.4 is 0 Å². The zero-order valence-corrected chi connectivity index (χ0v) is 12.0. The Morgan fingerprint density at radius 3 is 2.83 bits per heavy atom. The Kier molecular flexibility index (Phi) is 2.92. The minimum Gasteiger partial charge on any atom is -0.240 e. The molecule has 0 unspecified atom stereocenters. The summed E-state index contributed by atoms with van der Waals surface area (Å²) in [6, 6.07) is 6.32. The monoisotopic (exact) mass is 319 g/mol. The number of nitriles is 1. The first kappa shape index (κ1) is 11.8. The fourth-order valence-corrected chi connectivity index (χ4v) is 3.49. The predicted octanol–water partition coefficient (Wildman–Crippen LogP) is 3.91. The van der Waals surface area contributed by atoms with E-state index in [1.165, 1.54) is 0 Å². The first-order valence-corrected chi connectivity index (χ1v) is 7.40. The summed E-state index contributed by atoms with van der Waals surface area (Å²) in [6.07, 6.45) is 4.59. The molecule has 2 aromatic heterocycles. The second-order valence-corrected chi connectivity index (χ2v) is 6.27. The van der Waals surface area contributed by atoms with E-state index in [4.69, 9.17) is 0 Å². The fourth-order valence-electron chi connectivity index (χ4n) is 2.09. The first-order valence-electron chi connectivity index (χ1n) is 5.73. The molecule has 3 nitrogen and oxygen atoms in total. The van der Waals surface area contributed by atoms with E-state index in [2.05, 4.69) is 32.0 Å². The molecule has 3 rings (SSSR count). The summed E-state index contributed by atoms with van der Waals surface area (Å²) in [4.78, 5) is 9.97. The second kappa shape index (κ2) is 4.45. The van der Waals surface area contributed by atoms with Crippen LogP contribution in [0.1, 0.15) is 25.1 Å². The molecular formula is C13H10BrN3S. The Labute approximate surface area is 118 Å². The lowest BCUT2D eigenvalue weighted by Crippen LogP contribution is -2.34. The molecule has 0 saturated heterocycles. The Balaban J connectivity index is 2.02. The van der Waals surface area contributed by atoms with Gasteiger partial charge in [-0.15, -0.1) is 11.3 Å². The van der Waals surface area contributed by atoms with Gasteiger partial charge in [0, 0.05) is 16.0 Å². The molecule has 0 atom stereocenters. The van der Waals surface area contributed by atoms with Crippen molar-refractivity contribution in [1.29, 1.82) is 5.26 Å². The van der Waals surface area contributed by atoms with Crippen molar-refractivity contribution >= 4 is 27.3 Å². The van der Waals surface area contributed by atoms with E-state index >= 15 is 0 Å². The number of halogens is 1. The summed E-state index contributed by atoms with van der Waals surface area (Å²) < 4.78 is 1.06. The van der Waals surface area contributed by atoms with Crippen LogP contribution >= 0.6 is 27.3 Å². The van der Waals surface area contributed by atoms with Gasteiger partial charge in [-0.1, -0.05) is 0 Å². The number of hydrogen-bond acceptors (Lipinski definition) is 4. The van der Waals surface area contributed by atoms with E-state index in [1.807, 2.05) is 17.5 Å². The van der Waals surface area contributed by atoms with Crippen LogP contribution in [0.25, 0.3) is 10.6 Å². The van der Waals surface area contributed by atoms with Crippen LogP contribution in [0.4, 0.5) is 0 Å². The molecule has 0 aliphatic heterocycles. The van der Waals surface area contributed by atoms with E-state index in [-0.39, 0.29) is 0 Å². The molecule has 1 fully saturated rings. The highest BCUT2D eigenvalue weighted by Crippen LogP contribution is 2.42. The maximum atomic E-state index is 9.32. The molecular weight excluding hydrogens is 310 g/mol. The summed E-state index contributed by atoms with van der Waals surface area (Å²) >= 11 is 5.08. The zero-order valence-electron chi connectivity index (χ0n) is 9.56. The molecule has 0 bridgehead atoms. The van der Waals surface area contributed by atoms with Crippen molar-refractivity contribution < 1.29 is 0 Å². The summed E-state index contributed by atoms with van der Waals surface area (Å²) in [5, 5.41) is 11.3. The topological polar surface area (TPSA) is 49.6 Å². The predicted molar refractivity (Wildman–Crippen MR) is 74.2 cm³/mol. The Hall–Kier alpha value is -1.25. The van der Waals surface area contributed by atoms with Gasteiger partial charge in [-0.05, 0) is 47.3 Å². The van der Waals surface area contributed by atoms with Crippen LogP contribution in [0, 0.1) is 11.3 Å². The van der Waals surface area contributed by atoms with Crippen LogP contribution in [0.15, 0.2) is 28.2 Å². The van der Waals surface area contributed by atoms with E-state index in [0.29, 0.717) is 5.82 Å². The van der Waals surface area contributed by atoms with Gasteiger partial charge in [0.05, 0.1) is 16.6 Å². The fraction of sp³-hybridized carbons (Fsp3) is 0.308. The third-order valence-electron chi connectivity index (χ3n) is 3.32. The van der Waals surface area contributed by atoms with Crippen molar-refractivity contribution in [3.8, 4) is 16.6 Å². The number of nitrogens with zero attached hydrogens (tertiary/aromatic N) is 3. The first-order chi connectivity index (χ1) is 8.73. The number of thiophene rings is 1. The third-order valence-corrected chi connectivity index (χ3v) is 5.04. The minimum atomic E-state index is -0.440. The van der Waals surface area contributed by atoms with Gasteiger partial charge in [-0.2, -0.15) is 5.26 Å². The number of rotatable bonds is 2. The van der Waals surface area contributed by atoms with E-state index in [0.717, 1.165) is 34.3 Å². The van der Waals surface area contributed by atoms with Crippen molar-refractivity contribution in [2.24, 2.45) is 0 Å². The highest BCUT2D eigenvalue weighted by atomic mass is 79.9. The molecule has 0 N–H and O–H groups in total. The van der Waals surface area contributed by atoms with Gasteiger partial charge in [0.25, 0.3) is 0 Å². The SMILES string of the molecule is N#CC1(c2nccc(-c3cc(Br)cs3)n2)CCC1. The Morgan fingerprint density at radius 2 is 2.28 bits per heavy atom. The molecule has 0 amide bonds. The van der Waals surface area contributed by atoms with Gasteiger partial charge in [0.2, 0.25) is 0 Å². The highest BCUT2D eigenvalue weighted by Gasteiger charge is 2.41. The molecule has 18 heavy (non-hydrogen) atoms. The van der Waals surface area contributed by atoms with Crippen molar-refractivity contribution in [2.45, 2.75) is 24.7 Å². The molecule has 0 spiro atoms. The molecule has 1 aliphatic rings. The normalized spacial score (nSPS) is 16.9. The van der Waals surface area contributed by atoms with Gasteiger partial charge in [0.1, 0.15) is 11.2 Å². The molecule has 0 aromatic carbocycles. The molecule has 1 saturated carbocycles. The average Bonchev–Trinajstić information content (AvgIpc) is 2.76. The van der Waals surface area contributed by atoms with Gasteiger partial charge < -0.3 is 0 Å². The van der Waals surface area contributed by atoms with E-state index < -0.39 is 5.41 Å². The van der Waals surface area contributed by atoms with Crippen molar-refractivity contribution in [3.05, 3.63) is 34.0 Å². The zero-order chi connectivity index (χ0) is 12.6. The molecule has 2 aromatic rings. The summed E-state index contributed by atoms with van der Waals surface area (Å²) in [5.74, 6) is 0.679. The maximum absolute atomic E-state index is 9.32. The Bertz CT molecular complexity index is 625. The molecule has 90 valence electrons. The minimum absolute atomic E-state index is 0.440. The van der Waals surface area contributed by atoms with Gasteiger partial charge in [0.15, 0.2) is 0 Å². The third kappa shape index (κ3) is 1.86. The van der Waals surface area contributed by atoms with E-state index in [1.54, 1.807) is 17.5 Å². The van der Waals surface area contributed by atoms with Crippen LogP contribution in [0.5, 0.6) is 0 Å². The van der Waals surface area contributed by atoms with Gasteiger partial charge in [-0.3, -0.25) is 0 Å². The number of hydrogen-bond donors (Lipinski definition) is 0. The quantitative estimate of drug-likeness (QED) is 0.843. The van der Waals surface area contributed by atoms with Crippen molar-refractivity contribution in [3.63, 3.8) is 0 Å². The summed E-state index contributed by atoms with van der Waals surface area (Å²) in [5.41, 5.74) is 0.460. The lowest BCUT2D eigenvalue weighted by Gasteiger charge is -2.33. The van der Waals surface area contributed by atoms with Crippen LogP contribution in [0.3, 0.4) is 0 Å². The summed E-state index contributed by atoms with van der Waals surface area (Å²) in [6.45, 7) is 0. The van der Waals surface area contributed by atoms with E-state index in [9.17, 15) is 5.26 Å². The molecule has 5 heteroatoms. The summed E-state index contributed by atoms with van der Waals surface area (Å²) in [7, 11) is 0. The highest BCUT2D eigenvalue weighted by molar-refractivity contribution is 9.10. The molecule has 0 radical (unpaired) electrons. The average molecular weight is 320 g/mol.